The zero-order valence-electron chi connectivity index (χ0n) is 14.1. The molecular formula is C17H16F3N5O2. The van der Waals surface area contributed by atoms with Crippen LogP contribution in [-0.4, -0.2) is 53.4 Å². The van der Waals surface area contributed by atoms with Gasteiger partial charge in [0.1, 0.15) is 11.5 Å². The van der Waals surface area contributed by atoms with E-state index >= 15 is 0 Å². The molecule has 1 aliphatic rings. The molecule has 0 unspecified atom stereocenters. The van der Waals surface area contributed by atoms with Crippen LogP contribution in [0.4, 0.5) is 24.7 Å². The van der Waals surface area contributed by atoms with Gasteiger partial charge in [0.2, 0.25) is 6.41 Å². The Kier molecular flexibility index (Phi) is 5.24. The standard InChI is InChI=1S/C17H16F3N5O2/c18-17(19,20)12-2-1-3-13(8-12)23-16(27)14-9-22-15(10-21-14)25-6-4-24(11-26)5-7-25/h1-3,8-11H,4-7H2,(H,23,27). The first-order chi connectivity index (χ1) is 12.9. The van der Waals surface area contributed by atoms with Gasteiger partial charge in [-0.25, -0.2) is 9.97 Å². The fourth-order valence-electron chi connectivity index (χ4n) is 2.63. The highest BCUT2D eigenvalue weighted by Crippen LogP contribution is 2.30. The van der Waals surface area contributed by atoms with E-state index in [1.807, 2.05) is 4.90 Å². The highest BCUT2D eigenvalue weighted by Gasteiger charge is 2.30. The number of carbonyl (C=O) groups is 2. The van der Waals surface area contributed by atoms with E-state index in [9.17, 15) is 22.8 Å². The minimum absolute atomic E-state index is 0.0114. The maximum Gasteiger partial charge on any atom is 0.416 e. The first-order valence-corrected chi connectivity index (χ1v) is 8.12. The van der Waals surface area contributed by atoms with Crippen molar-refractivity contribution in [1.82, 2.24) is 14.9 Å². The molecule has 1 N–H and O–H groups in total. The molecule has 0 atom stereocenters. The Balaban J connectivity index is 1.65. The summed E-state index contributed by atoms with van der Waals surface area (Å²) in [5, 5.41) is 2.38. The van der Waals surface area contributed by atoms with Crippen molar-refractivity contribution in [1.29, 1.82) is 0 Å². The first kappa shape index (κ1) is 18.6. The Bertz CT molecular complexity index is 818. The Labute approximate surface area is 152 Å². The number of aromatic nitrogens is 2. The first-order valence-electron chi connectivity index (χ1n) is 8.12. The van der Waals surface area contributed by atoms with Gasteiger partial charge in [-0.3, -0.25) is 9.59 Å². The Morgan fingerprint density at radius 1 is 1.11 bits per heavy atom. The summed E-state index contributed by atoms with van der Waals surface area (Å²) < 4.78 is 38.2. The van der Waals surface area contributed by atoms with Crippen LogP contribution in [0.25, 0.3) is 0 Å². The van der Waals surface area contributed by atoms with Gasteiger partial charge in [0.25, 0.3) is 5.91 Å². The fourth-order valence-corrected chi connectivity index (χ4v) is 2.63. The topological polar surface area (TPSA) is 78.4 Å². The van der Waals surface area contributed by atoms with Crippen LogP contribution in [0.2, 0.25) is 0 Å². The lowest BCUT2D eigenvalue weighted by molar-refractivity contribution is -0.137. The summed E-state index contributed by atoms with van der Waals surface area (Å²) in [6, 6.07) is 4.36. The van der Waals surface area contributed by atoms with Gasteiger partial charge in [0, 0.05) is 31.9 Å². The molecule has 1 aromatic heterocycles. The number of piperazine rings is 1. The minimum atomic E-state index is -4.49. The third-order valence-corrected chi connectivity index (χ3v) is 4.11. The van der Waals surface area contributed by atoms with Gasteiger partial charge < -0.3 is 15.1 Å². The molecule has 2 aromatic rings. The summed E-state index contributed by atoms with van der Waals surface area (Å²) in [4.78, 5) is 34.7. The quantitative estimate of drug-likeness (QED) is 0.823. The van der Waals surface area contributed by atoms with Crippen LogP contribution in [0.5, 0.6) is 0 Å². The second-order valence-corrected chi connectivity index (χ2v) is 5.92. The normalized spacial score (nSPS) is 14.8. The van der Waals surface area contributed by atoms with Crippen LogP contribution >= 0.6 is 0 Å². The van der Waals surface area contributed by atoms with Crippen LogP contribution in [0.15, 0.2) is 36.7 Å². The second kappa shape index (κ2) is 7.60. The summed E-state index contributed by atoms with van der Waals surface area (Å²) in [5.74, 6) is -0.0877. The summed E-state index contributed by atoms with van der Waals surface area (Å²) >= 11 is 0. The largest absolute Gasteiger partial charge is 0.416 e. The van der Waals surface area contributed by atoms with Crippen molar-refractivity contribution in [3.63, 3.8) is 0 Å². The van der Waals surface area contributed by atoms with Crippen molar-refractivity contribution >= 4 is 23.8 Å². The minimum Gasteiger partial charge on any atom is -0.352 e. The number of hydrogen-bond acceptors (Lipinski definition) is 5. The molecule has 1 fully saturated rings. The maximum atomic E-state index is 12.7. The van der Waals surface area contributed by atoms with Crippen LogP contribution < -0.4 is 10.2 Å². The molecule has 7 nitrogen and oxygen atoms in total. The van der Waals surface area contributed by atoms with E-state index in [1.54, 1.807) is 4.90 Å². The van der Waals surface area contributed by atoms with Gasteiger partial charge in [-0.15, -0.1) is 0 Å². The molecule has 0 saturated carbocycles. The predicted molar refractivity (Wildman–Crippen MR) is 91.3 cm³/mol. The number of carbonyl (C=O) groups excluding carboxylic acids is 2. The van der Waals surface area contributed by atoms with Crippen molar-refractivity contribution in [2.24, 2.45) is 0 Å². The number of anilines is 2. The molecule has 0 spiro atoms. The number of benzene rings is 1. The zero-order chi connectivity index (χ0) is 19.4. The predicted octanol–water partition coefficient (Wildman–Crippen LogP) is 2.03. The molecule has 1 saturated heterocycles. The van der Waals surface area contributed by atoms with Crippen molar-refractivity contribution < 1.29 is 22.8 Å². The number of nitrogens with one attached hydrogen (secondary N) is 1. The van der Waals surface area contributed by atoms with Crippen molar-refractivity contribution in [2.45, 2.75) is 6.18 Å². The van der Waals surface area contributed by atoms with Crippen LogP contribution in [0.3, 0.4) is 0 Å². The fraction of sp³-hybridized carbons (Fsp3) is 0.294. The summed E-state index contributed by atoms with van der Waals surface area (Å²) in [7, 11) is 0. The molecule has 2 heterocycles. The average Bonchev–Trinajstić information content (AvgIpc) is 2.68. The smallest absolute Gasteiger partial charge is 0.352 e. The Morgan fingerprint density at radius 3 is 2.44 bits per heavy atom. The third-order valence-electron chi connectivity index (χ3n) is 4.11. The van der Waals surface area contributed by atoms with Crippen molar-refractivity contribution in [3.8, 4) is 0 Å². The van der Waals surface area contributed by atoms with E-state index in [-0.39, 0.29) is 11.4 Å². The lowest BCUT2D eigenvalue weighted by Gasteiger charge is -2.33. The van der Waals surface area contributed by atoms with Gasteiger partial charge in [-0.2, -0.15) is 13.2 Å². The summed E-state index contributed by atoms with van der Waals surface area (Å²) in [5.41, 5.74) is -0.843. The molecule has 10 heteroatoms. The van der Waals surface area contributed by atoms with Gasteiger partial charge >= 0.3 is 6.18 Å². The van der Waals surface area contributed by atoms with Gasteiger partial charge in [0.05, 0.1) is 18.0 Å². The molecule has 3 rings (SSSR count). The number of halogens is 3. The van der Waals surface area contributed by atoms with Crippen LogP contribution in [0, 0.1) is 0 Å². The molecule has 27 heavy (non-hydrogen) atoms. The van der Waals surface area contributed by atoms with Crippen LogP contribution in [0.1, 0.15) is 16.1 Å². The van der Waals surface area contributed by atoms with E-state index in [4.69, 9.17) is 0 Å². The highest BCUT2D eigenvalue weighted by molar-refractivity contribution is 6.02. The van der Waals surface area contributed by atoms with Crippen molar-refractivity contribution in [2.75, 3.05) is 36.4 Å². The number of rotatable bonds is 4. The molecule has 1 aliphatic heterocycles. The lowest BCUT2D eigenvalue weighted by atomic mass is 10.2. The SMILES string of the molecule is O=CN1CCN(c2cnc(C(=O)Nc3cccc(C(F)(F)F)c3)cn2)CC1. The van der Waals surface area contributed by atoms with E-state index in [0.29, 0.717) is 32.0 Å². The average molecular weight is 379 g/mol. The van der Waals surface area contributed by atoms with E-state index in [0.717, 1.165) is 18.5 Å². The van der Waals surface area contributed by atoms with E-state index < -0.39 is 17.6 Å². The molecule has 2 amide bonds. The highest BCUT2D eigenvalue weighted by atomic mass is 19.4. The number of amides is 2. The van der Waals surface area contributed by atoms with E-state index in [2.05, 4.69) is 15.3 Å². The zero-order valence-corrected chi connectivity index (χ0v) is 14.1. The number of hydrogen-bond donors (Lipinski definition) is 1. The maximum absolute atomic E-state index is 12.7. The monoisotopic (exact) mass is 379 g/mol. The van der Waals surface area contributed by atoms with Gasteiger partial charge in [-0.1, -0.05) is 6.07 Å². The lowest BCUT2D eigenvalue weighted by Crippen LogP contribution is -2.46. The second-order valence-electron chi connectivity index (χ2n) is 5.92. The Morgan fingerprint density at radius 2 is 1.85 bits per heavy atom. The number of nitrogens with zero attached hydrogens (tertiary/aromatic N) is 4. The molecule has 1 aromatic carbocycles. The van der Waals surface area contributed by atoms with Crippen LogP contribution in [-0.2, 0) is 11.0 Å². The third kappa shape index (κ3) is 4.52. The molecule has 0 aliphatic carbocycles. The van der Waals surface area contributed by atoms with Crippen molar-refractivity contribution in [3.05, 3.63) is 47.9 Å². The molecule has 0 radical (unpaired) electrons. The van der Waals surface area contributed by atoms with Gasteiger partial charge in [-0.05, 0) is 18.2 Å². The Hall–Kier alpha value is -3.17. The molecular weight excluding hydrogens is 363 g/mol. The summed E-state index contributed by atoms with van der Waals surface area (Å²) in [6.45, 7) is 2.35. The number of alkyl halides is 3. The van der Waals surface area contributed by atoms with Gasteiger partial charge in [0.15, 0.2) is 0 Å². The molecule has 142 valence electrons. The van der Waals surface area contributed by atoms with E-state index in [1.165, 1.54) is 24.5 Å². The summed E-state index contributed by atoms with van der Waals surface area (Å²) in [6.07, 6.45) is -0.998. The molecule has 0 bridgehead atoms.